The molecule has 1 aliphatic rings. The van der Waals surface area contributed by atoms with Gasteiger partial charge in [-0.3, -0.25) is 4.79 Å². The summed E-state index contributed by atoms with van der Waals surface area (Å²) in [4.78, 5) is 14.8. The van der Waals surface area contributed by atoms with Crippen LogP contribution in [0.4, 0.5) is 0 Å². The number of fused-ring (bicyclic) bond motifs is 2. The molecule has 0 bridgehead atoms. The highest BCUT2D eigenvalue weighted by Crippen LogP contribution is 2.38. The van der Waals surface area contributed by atoms with Crippen molar-refractivity contribution in [3.63, 3.8) is 0 Å². The van der Waals surface area contributed by atoms with E-state index in [0.717, 1.165) is 32.2 Å². The van der Waals surface area contributed by atoms with Gasteiger partial charge in [0.25, 0.3) is 0 Å². The van der Waals surface area contributed by atoms with Crippen molar-refractivity contribution >= 4 is 17.5 Å². The van der Waals surface area contributed by atoms with Gasteiger partial charge in [-0.05, 0) is 35.4 Å². The molecule has 3 aromatic rings. The maximum atomic E-state index is 12.6. The van der Waals surface area contributed by atoms with Gasteiger partial charge in [-0.15, -0.1) is 0 Å². The second kappa shape index (κ2) is 6.54. The van der Waals surface area contributed by atoms with E-state index in [1.807, 2.05) is 66.7 Å². The van der Waals surface area contributed by atoms with Crippen molar-refractivity contribution in [3.05, 3.63) is 89.5 Å². The molecule has 0 spiro atoms. The number of carbonyl (C=O) groups excluding carboxylic acids is 1. The summed E-state index contributed by atoms with van der Waals surface area (Å²) in [6.07, 6.45) is 0.443. The highest BCUT2D eigenvalue weighted by molar-refractivity contribution is 7.99. The van der Waals surface area contributed by atoms with Crippen molar-refractivity contribution in [2.24, 2.45) is 0 Å². The molecule has 0 N–H and O–H groups in total. The summed E-state index contributed by atoms with van der Waals surface area (Å²) >= 11 is 1.65. The summed E-state index contributed by atoms with van der Waals surface area (Å²) in [7, 11) is 0. The Hall–Kier alpha value is -2.52. The summed E-state index contributed by atoms with van der Waals surface area (Å²) in [5, 5.41) is 0. The predicted octanol–water partition coefficient (Wildman–Crippen LogP) is 5.16. The van der Waals surface area contributed by atoms with Gasteiger partial charge >= 0.3 is 0 Å². The van der Waals surface area contributed by atoms with E-state index in [-0.39, 0.29) is 5.78 Å². The summed E-state index contributed by atoms with van der Waals surface area (Å²) in [6.45, 7) is 0.501. The van der Waals surface area contributed by atoms with Crippen molar-refractivity contribution in [2.75, 3.05) is 0 Å². The third-order valence-electron chi connectivity index (χ3n) is 4.04. The van der Waals surface area contributed by atoms with Crippen LogP contribution in [0.15, 0.2) is 82.6 Å². The van der Waals surface area contributed by atoms with Gasteiger partial charge in [0.1, 0.15) is 12.4 Å². The average Bonchev–Trinajstić information content (AvgIpc) is 2.76. The highest BCUT2D eigenvalue weighted by Gasteiger charge is 2.20. The Bertz CT molecular complexity index is 887. The van der Waals surface area contributed by atoms with Crippen molar-refractivity contribution in [1.29, 1.82) is 0 Å². The first-order valence-corrected chi connectivity index (χ1v) is 8.71. The monoisotopic (exact) mass is 332 g/mol. The first-order valence-electron chi connectivity index (χ1n) is 7.89. The molecular weight excluding hydrogens is 316 g/mol. The lowest BCUT2D eigenvalue weighted by atomic mass is 10.0. The maximum absolute atomic E-state index is 12.6. The zero-order chi connectivity index (χ0) is 16.4. The zero-order valence-electron chi connectivity index (χ0n) is 13.1. The van der Waals surface area contributed by atoms with E-state index in [2.05, 4.69) is 6.07 Å². The topological polar surface area (TPSA) is 26.3 Å². The number of Topliss-reactive ketones (excluding diaryl/α,β-unsaturated/α-hetero) is 1. The summed E-state index contributed by atoms with van der Waals surface area (Å²) in [5.74, 6) is 0.880. The summed E-state index contributed by atoms with van der Waals surface area (Å²) < 4.78 is 5.86. The van der Waals surface area contributed by atoms with Crippen LogP contribution in [0.1, 0.15) is 21.5 Å². The molecule has 0 aromatic heterocycles. The first kappa shape index (κ1) is 15.0. The van der Waals surface area contributed by atoms with E-state index < -0.39 is 0 Å². The number of ether oxygens (including phenoxy) is 1. The van der Waals surface area contributed by atoms with Crippen LogP contribution in [0.3, 0.4) is 0 Å². The molecule has 0 unspecified atom stereocenters. The van der Waals surface area contributed by atoms with Crippen LogP contribution < -0.4 is 4.74 Å². The minimum absolute atomic E-state index is 0.146. The van der Waals surface area contributed by atoms with E-state index >= 15 is 0 Å². The van der Waals surface area contributed by atoms with Crippen LogP contribution in [-0.2, 0) is 13.0 Å². The standard InChI is InChI=1S/C21H16O2S/c22-19-12-16-8-4-5-9-20(16)24-21-11-10-17(13-18(19)21)23-14-15-6-2-1-3-7-15/h1-11,13H,12,14H2. The number of ketones is 1. The molecule has 0 saturated heterocycles. The second-order valence-corrected chi connectivity index (χ2v) is 6.83. The molecule has 0 atom stereocenters. The first-order chi connectivity index (χ1) is 11.8. The fourth-order valence-electron chi connectivity index (χ4n) is 2.78. The molecule has 24 heavy (non-hydrogen) atoms. The molecule has 3 heteroatoms. The second-order valence-electron chi connectivity index (χ2n) is 5.74. The van der Waals surface area contributed by atoms with E-state index in [9.17, 15) is 4.79 Å². The van der Waals surface area contributed by atoms with Gasteiger partial charge in [0.05, 0.1) is 0 Å². The molecule has 0 fully saturated rings. The number of rotatable bonds is 3. The van der Waals surface area contributed by atoms with Crippen LogP contribution in [0.25, 0.3) is 0 Å². The van der Waals surface area contributed by atoms with E-state index in [4.69, 9.17) is 4.74 Å². The SMILES string of the molecule is O=C1Cc2ccccc2Sc2ccc(OCc3ccccc3)cc21. The van der Waals surface area contributed by atoms with Gasteiger partial charge in [0.2, 0.25) is 0 Å². The largest absolute Gasteiger partial charge is 0.489 e. The number of benzene rings is 3. The van der Waals surface area contributed by atoms with Crippen LogP contribution in [-0.4, -0.2) is 5.78 Å². The van der Waals surface area contributed by atoms with E-state index in [1.165, 1.54) is 0 Å². The number of carbonyl (C=O) groups is 1. The minimum Gasteiger partial charge on any atom is -0.489 e. The van der Waals surface area contributed by atoms with Crippen LogP contribution in [0.2, 0.25) is 0 Å². The zero-order valence-corrected chi connectivity index (χ0v) is 13.9. The molecule has 4 rings (SSSR count). The molecule has 1 heterocycles. The van der Waals surface area contributed by atoms with Gasteiger partial charge < -0.3 is 4.74 Å². The minimum atomic E-state index is 0.146. The van der Waals surface area contributed by atoms with Gasteiger partial charge in [-0.2, -0.15) is 0 Å². The van der Waals surface area contributed by atoms with E-state index in [0.29, 0.717) is 13.0 Å². The number of hydrogen-bond acceptors (Lipinski definition) is 3. The molecule has 0 saturated carbocycles. The molecule has 2 nitrogen and oxygen atoms in total. The van der Waals surface area contributed by atoms with Crippen LogP contribution in [0.5, 0.6) is 5.75 Å². The van der Waals surface area contributed by atoms with Gasteiger partial charge in [0.15, 0.2) is 5.78 Å². The average molecular weight is 332 g/mol. The van der Waals surface area contributed by atoms with Crippen molar-refractivity contribution in [3.8, 4) is 5.75 Å². The Balaban J connectivity index is 1.59. The molecule has 0 radical (unpaired) electrons. The third-order valence-corrected chi connectivity index (χ3v) is 5.24. The van der Waals surface area contributed by atoms with Crippen LogP contribution in [0, 0.1) is 0 Å². The van der Waals surface area contributed by atoms with Crippen molar-refractivity contribution < 1.29 is 9.53 Å². The predicted molar refractivity (Wildman–Crippen MR) is 95.8 cm³/mol. The van der Waals surface area contributed by atoms with Gasteiger partial charge in [0, 0.05) is 21.8 Å². The van der Waals surface area contributed by atoms with Crippen molar-refractivity contribution in [2.45, 2.75) is 22.8 Å². The van der Waals surface area contributed by atoms with Gasteiger partial charge in [-0.1, -0.05) is 60.3 Å². The Morgan fingerprint density at radius 1 is 0.875 bits per heavy atom. The summed E-state index contributed by atoms with van der Waals surface area (Å²) in [5.41, 5.74) is 2.96. The quantitative estimate of drug-likeness (QED) is 0.663. The van der Waals surface area contributed by atoms with Gasteiger partial charge in [-0.25, -0.2) is 0 Å². The molecule has 3 aromatic carbocycles. The molecule has 118 valence electrons. The highest BCUT2D eigenvalue weighted by atomic mass is 32.2. The lowest BCUT2D eigenvalue weighted by Crippen LogP contribution is -2.04. The fourth-order valence-corrected chi connectivity index (χ4v) is 3.86. The maximum Gasteiger partial charge on any atom is 0.168 e. The lowest BCUT2D eigenvalue weighted by Gasteiger charge is -2.10. The molecule has 0 aliphatic carbocycles. The molecular formula is C21H16O2S. The Morgan fingerprint density at radius 2 is 1.67 bits per heavy atom. The Kier molecular flexibility index (Phi) is 4.09. The normalized spacial score (nSPS) is 12.9. The molecule has 1 aliphatic heterocycles. The number of hydrogen-bond donors (Lipinski definition) is 0. The fraction of sp³-hybridized carbons (Fsp3) is 0.0952. The summed E-state index contributed by atoms with van der Waals surface area (Å²) in [6, 6.07) is 23.9. The Labute approximate surface area is 145 Å². The lowest BCUT2D eigenvalue weighted by molar-refractivity contribution is 0.0989. The van der Waals surface area contributed by atoms with E-state index in [1.54, 1.807) is 11.8 Å². The Morgan fingerprint density at radius 3 is 2.54 bits per heavy atom. The van der Waals surface area contributed by atoms with Crippen LogP contribution >= 0.6 is 11.8 Å². The van der Waals surface area contributed by atoms with Crippen molar-refractivity contribution in [1.82, 2.24) is 0 Å². The smallest absolute Gasteiger partial charge is 0.168 e. The molecule has 0 amide bonds. The third kappa shape index (κ3) is 3.08.